The van der Waals surface area contributed by atoms with Gasteiger partial charge in [-0.05, 0) is 24.6 Å². The minimum atomic E-state index is 0.0552. The van der Waals surface area contributed by atoms with E-state index in [4.69, 9.17) is 17.3 Å². The highest BCUT2D eigenvalue weighted by Gasteiger charge is 2.11. The molecule has 0 saturated heterocycles. The fraction of sp³-hybridized carbons (Fsp3) is 0.154. The fourth-order valence-electron chi connectivity index (χ4n) is 2.00. The number of nitrogens with two attached hydrogens (primary N) is 1. The third-order valence-corrected chi connectivity index (χ3v) is 3.30. The van der Waals surface area contributed by atoms with Crippen LogP contribution in [0.2, 0.25) is 5.02 Å². The number of nitrogens with zero attached hydrogens (tertiary/aromatic N) is 3. The van der Waals surface area contributed by atoms with E-state index in [1.54, 1.807) is 6.20 Å². The Morgan fingerprint density at radius 1 is 1.25 bits per heavy atom. The molecular weight excluding hydrogens is 276 g/mol. The van der Waals surface area contributed by atoms with Crippen LogP contribution in [0.3, 0.4) is 0 Å². The van der Waals surface area contributed by atoms with Crippen molar-refractivity contribution in [1.82, 2.24) is 20.2 Å². The molecule has 0 aliphatic rings. The van der Waals surface area contributed by atoms with Crippen molar-refractivity contribution in [1.29, 1.82) is 0 Å². The highest BCUT2D eigenvalue weighted by Crippen LogP contribution is 2.24. The lowest BCUT2D eigenvalue weighted by Crippen LogP contribution is -2.09. The first kappa shape index (κ1) is 12.7. The Kier molecular flexibility index (Phi) is 3.15. The number of rotatable bonds is 3. The van der Waals surface area contributed by atoms with E-state index < -0.39 is 0 Å². The summed E-state index contributed by atoms with van der Waals surface area (Å²) in [5.74, 6) is 0.858. The molecule has 0 bridgehead atoms. The number of nitrogens with one attached hydrogen (secondary N) is 2. The number of aromatic amines is 1. The molecule has 6 nitrogen and oxygen atoms in total. The summed E-state index contributed by atoms with van der Waals surface area (Å²) in [6.07, 6.45) is 1.67. The maximum Gasteiger partial charge on any atom is 0.224 e. The van der Waals surface area contributed by atoms with Crippen molar-refractivity contribution in [2.75, 3.05) is 11.1 Å². The van der Waals surface area contributed by atoms with Crippen LogP contribution in [-0.4, -0.2) is 20.2 Å². The molecule has 20 heavy (non-hydrogen) atoms. The second-order valence-electron chi connectivity index (χ2n) is 4.48. The number of fused-ring (bicyclic) bond motifs is 1. The second-order valence-corrected chi connectivity index (χ2v) is 4.92. The van der Waals surface area contributed by atoms with E-state index in [0.717, 1.165) is 10.9 Å². The lowest BCUT2D eigenvalue weighted by Gasteiger charge is -2.15. The van der Waals surface area contributed by atoms with E-state index in [-0.39, 0.29) is 12.0 Å². The number of halogens is 1. The summed E-state index contributed by atoms with van der Waals surface area (Å²) in [7, 11) is 0. The molecule has 1 atom stereocenters. The third-order valence-electron chi connectivity index (χ3n) is 3.05. The largest absolute Gasteiger partial charge is 0.368 e. The Labute approximate surface area is 120 Å². The smallest absolute Gasteiger partial charge is 0.224 e. The molecule has 102 valence electrons. The number of benzene rings is 1. The second kappa shape index (κ2) is 4.97. The molecule has 2 aromatic heterocycles. The zero-order chi connectivity index (χ0) is 14.1. The monoisotopic (exact) mass is 288 g/mol. The number of hydrogen-bond acceptors (Lipinski definition) is 5. The van der Waals surface area contributed by atoms with Gasteiger partial charge < -0.3 is 11.1 Å². The molecule has 0 saturated carbocycles. The van der Waals surface area contributed by atoms with Gasteiger partial charge in [0.15, 0.2) is 5.65 Å². The van der Waals surface area contributed by atoms with Gasteiger partial charge in [-0.15, -0.1) is 0 Å². The van der Waals surface area contributed by atoms with Gasteiger partial charge in [-0.25, -0.2) is 0 Å². The Bertz CT molecular complexity index is 736. The number of nitrogen functional groups attached to an aromatic ring is 1. The average molecular weight is 289 g/mol. The van der Waals surface area contributed by atoms with Crippen molar-refractivity contribution in [2.24, 2.45) is 0 Å². The summed E-state index contributed by atoms with van der Waals surface area (Å²) < 4.78 is 0. The maximum atomic E-state index is 5.89. The molecule has 0 radical (unpaired) electrons. The first-order valence-corrected chi connectivity index (χ1v) is 6.50. The number of H-pyrrole nitrogens is 1. The first-order chi connectivity index (χ1) is 9.63. The van der Waals surface area contributed by atoms with Crippen LogP contribution in [0, 0.1) is 0 Å². The molecule has 3 rings (SSSR count). The van der Waals surface area contributed by atoms with E-state index in [1.165, 1.54) is 0 Å². The third kappa shape index (κ3) is 2.37. The first-order valence-electron chi connectivity index (χ1n) is 6.12. The van der Waals surface area contributed by atoms with Crippen molar-refractivity contribution in [2.45, 2.75) is 13.0 Å². The topological polar surface area (TPSA) is 92.5 Å². The summed E-state index contributed by atoms with van der Waals surface area (Å²) in [5, 5.41) is 11.6. The Morgan fingerprint density at radius 3 is 2.75 bits per heavy atom. The Morgan fingerprint density at radius 2 is 2.00 bits per heavy atom. The predicted octanol–water partition coefficient (Wildman–Crippen LogP) is 2.76. The molecule has 0 aliphatic heterocycles. The molecule has 0 fully saturated rings. The molecule has 7 heteroatoms. The van der Waals surface area contributed by atoms with Crippen LogP contribution in [0.1, 0.15) is 18.5 Å². The predicted molar refractivity (Wildman–Crippen MR) is 79.6 cm³/mol. The van der Waals surface area contributed by atoms with Crippen molar-refractivity contribution in [3.8, 4) is 0 Å². The van der Waals surface area contributed by atoms with Crippen molar-refractivity contribution in [3.63, 3.8) is 0 Å². The molecule has 0 aliphatic carbocycles. The van der Waals surface area contributed by atoms with Gasteiger partial charge in [0, 0.05) is 11.1 Å². The van der Waals surface area contributed by atoms with E-state index in [2.05, 4.69) is 25.5 Å². The van der Waals surface area contributed by atoms with Gasteiger partial charge in [0.05, 0.1) is 11.6 Å². The fourth-order valence-corrected chi connectivity index (χ4v) is 2.13. The van der Waals surface area contributed by atoms with Crippen molar-refractivity contribution in [3.05, 3.63) is 41.0 Å². The number of aromatic nitrogens is 4. The average Bonchev–Trinajstić information content (AvgIpc) is 2.87. The molecule has 0 amide bonds. The normalized spacial score (nSPS) is 12.5. The van der Waals surface area contributed by atoms with Gasteiger partial charge in [0.25, 0.3) is 0 Å². The molecule has 0 spiro atoms. The van der Waals surface area contributed by atoms with E-state index in [1.807, 2.05) is 31.2 Å². The summed E-state index contributed by atoms with van der Waals surface area (Å²) in [4.78, 5) is 8.31. The molecule has 0 unspecified atom stereocenters. The van der Waals surface area contributed by atoms with Gasteiger partial charge >= 0.3 is 0 Å². The summed E-state index contributed by atoms with van der Waals surface area (Å²) in [5.41, 5.74) is 7.41. The van der Waals surface area contributed by atoms with Crippen LogP contribution in [-0.2, 0) is 0 Å². The maximum absolute atomic E-state index is 5.89. The summed E-state index contributed by atoms with van der Waals surface area (Å²) >= 11 is 5.89. The van der Waals surface area contributed by atoms with Gasteiger partial charge in [-0.1, -0.05) is 23.7 Å². The van der Waals surface area contributed by atoms with Gasteiger partial charge in [0.1, 0.15) is 5.82 Å². The highest BCUT2D eigenvalue weighted by atomic mass is 35.5. The Hall–Kier alpha value is -2.34. The minimum absolute atomic E-state index is 0.0552. The standard InChI is InChI=1S/C13H13ClN6/c1-7(8-2-4-9(14)5-3-8)17-11-10-6-16-20-12(10)19-13(15)18-11/h2-7H,1H3,(H4,15,16,17,18,19,20)/t7-/m1/s1. The Balaban J connectivity index is 1.92. The van der Waals surface area contributed by atoms with Crippen LogP contribution in [0.4, 0.5) is 11.8 Å². The van der Waals surface area contributed by atoms with Gasteiger partial charge in [-0.2, -0.15) is 15.1 Å². The summed E-state index contributed by atoms with van der Waals surface area (Å²) in [6, 6.07) is 7.71. The van der Waals surface area contributed by atoms with Crippen LogP contribution in [0.5, 0.6) is 0 Å². The van der Waals surface area contributed by atoms with Gasteiger partial charge in [-0.3, -0.25) is 5.10 Å². The van der Waals surface area contributed by atoms with Crippen LogP contribution >= 0.6 is 11.6 Å². The lowest BCUT2D eigenvalue weighted by atomic mass is 10.1. The SMILES string of the molecule is C[C@@H](Nc1nc(N)nc2[nH]ncc12)c1ccc(Cl)cc1. The minimum Gasteiger partial charge on any atom is -0.368 e. The van der Waals surface area contributed by atoms with E-state index in [9.17, 15) is 0 Å². The number of anilines is 2. The molecule has 4 N–H and O–H groups in total. The van der Waals surface area contributed by atoms with Crippen LogP contribution in [0.25, 0.3) is 11.0 Å². The molecule has 1 aromatic carbocycles. The highest BCUT2D eigenvalue weighted by molar-refractivity contribution is 6.30. The molecule has 2 heterocycles. The van der Waals surface area contributed by atoms with Gasteiger partial charge in [0.2, 0.25) is 5.95 Å². The lowest BCUT2D eigenvalue weighted by molar-refractivity contribution is 0.877. The zero-order valence-electron chi connectivity index (χ0n) is 10.8. The van der Waals surface area contributed by atoms with Crippen molar-refractivity contribution < 1.29 is 0 Å². The zero-order valence-corrected chi connectivity index (χ0v) is 11.5. The van der Waals surface area contributed by atoms with Crippen LogP contribution < -0.4 is 11.1 Å². The van der Waals surface area contributed by atoms with E-state index >= 15 is 0 Å². The quantitative estimate of drug-likeness (QED) is 0.689. The molecule has 3 aromatic rings. The summed E-state index contributed by atoms with van der Waals surface area (Å²) in [6.45, 7) is 2.04. The van der Waals surface area contributed by atoms with Crippen molar-refractivity contribution >= 4 is 34.4 Å². The number of hydrogen-bond donors (Lipinski definition) is 3. The van der Waals surface area contributed by atoms with Crippen LogP contribution in [0.15, 0.2) is 30.5 Å². The van der Waals surface area contributed by atoms with E-state index in [0.29, 0.717) is 16.5 Å². The molecular formula is C13H13ClN6.